The number of halogens is 1. The van der Waals surface area contributed by atoms with Crippen molar-refractivity contribution in [3.8, 4) is 28.3 Å². The van der Waals surface area contributed by atoms with Gasteiger partial charge in [0.2, 0.25) is 5.95 Å². The zero-order chi connectivity index (χ0) is 20.1. The zero-order valence-corrected chi connectivity index (χ0v) is 16.9. The first kappa shape index (κ1) is 18.8. The first-order chi connectivity index (χ1) is 14.2. The highest BCUT2D eigenvalue weighted by Crippen LogP contribution is 2.25. The van der Waals surface area contributed by atoms with Gasteiger partial charge in [-0.2, -0.15) is 5.10 Å². The SMILES string of the molecule is Oc1ccc(Br)cc1/C=N/Nc1nc(-c2ccccc2)cc(-c2ccccc2)n1. The minimum atomic E-state index is 0.141. The topological polar surface area (TPSA) is 70.4 Å². The summed E-state index contributed by atoms with van der Waals surface area (Å²) in [4.78, 5) is 9.19. The molecule has 1 aromatic heterocycles. The van der Waals surface area contributed by atoms with Crippen LogP contribution in [0.3, 0.4) is 0 Å². The lowest BCUT2D eigenvalue weighted by Crippen LogP contribution is -2.00. The molecule has 0 bridgehead atoms. The molecule has 3 aromatic carbocycles. The smallest absolute Gasteiger partial charge is 0.244 e. The fourth-order valence-corrected chi connectivity index (χ4v) is 3.18. The normalized spacial score (nSPS) is 10.9. The number of rotatable bonds is 5. The molecule has 2 N–H and O–H groups in total. The fraction of sp³-hybridized carbons (Fsp3) is 0. The number of anilines is 1. The van der Waals surface area contributed by atoms with E-state index in [0.717, 1.165) is 27.0 Å². The monoisotopic (exact) mass is 444 g/mol. The maximum absolute atomic E-state index is 9.95. The third kappa shape index (κ3) is 4.67. The van der Waals surface area contributed by atoms with E-state index in [0.29, 0.717) is 11.5 Å². The van der Waals surface area contributed by atoms with Crippen molar-refractivity contribution in [2.45, 2.75) is 0 Å². The zero-order valence-electron chi connectivity index (χ0n) is 15.3. The Balaban J connectivity index is 1.68. The molecule has 29 heavy (non-hydrogen) atoms. The summed E-state index contributed by atoms with van der Waals surface area (Å²) in [5, 5.41) is 14.1. The van der Waals surface area contributed by atoms with Crippen LogP contribution in [0, 0.1) is 0 Å². The standard InChI is InChI=1S/C23H17BrN4O/c24-19-11-12-22(29)18(13-19)15-25-28-23-26-20(16-7-3-1-4-8-16)14-21(27-23)17-9-5-2-6-10-17/h1-15,29H,(H,26,27,28)/b25-15+. The first-order valence-electron chi connectivity index (χ1n) is 8.96. The Morgan fingerprint density at radius 1 is 0.793 bits per heavy atom. The summed E-state index contributed by atoms with van der Waals surface area (Å²) < 4.78 is 0.852. The molecule has 0 aliphatic rings. The van der Waals surface area contributed by atoms with E-state index < -0.39 is 0 Å². The molecule has 4 rings (SSSR count). The molecule has 0 fully saturated rings. The van der Waals surface area contributed by atoms with Crippen LogP contribution in [0.25, 0.3) is 22.5 Å². The van der Waals surface area contributed by atoms with Crippen LogP contribution in [0.2, 0.25) is 0 Å². The Morgan fingerprint density at radius 2 is 1.38 bits per heavy atom. The predicted molar refractivity (Wildman–Crippen MR) is 120 cm³/mol. The number of hydrogen-bond donors (Lipinski definition) is 2. The second kappa shape index (κ2) is 8.67. The highest BCUT2D eigenvalue weighted by molar-refractivity contribution is 9.10. The predicted octanol–water partition coefficient (Wildman–Crippen LogP) is 5.72. The number of benzene rings is 3. The van der Waals surface area contributed by atoms with Crippen LogP contribution in [0.1, 0.15) is 5.56 Å². The number of aromatic hydroxyl groups is 1. The summed E-state index contributed by atoms with van der Waals surface area (Å²) in [7, 11) is 0. The van der Waals surface area contributed by atoms with Crippen molar-refractivity contribution in [1.82, 2.24) is 9.97 Å². The summed E-state index contributed by atoms with van der Waals surface area (Å²) in [6.45, 7) is 0. The van der Waals surface area contributed by atoms with E-state index >= 15 is 0 Å². The van der Waals surface area contributed by atoms with Crippen LogP contribution in [-0.4, -0.2) is 21.3 Å². The van der Waals surface area contributed by atoms with Crippen molar-refractivity contribution in [2.75, 3.05) is 5.43 Å². The van der Waals surface area contributed by atoms with Gasteiger partial charge in [-0.15, -0.1) is 0 Å². The number of nitrogens with one attached hydrogen (secondary N) is 1. The first-order valence-corrected chi connectivity index (χ1v) is 9.76. The third-order valence-electron chi connectivity index (χ3n) is 4.22. The highest BCUT2D eigenvalue weighted by Gasteiger charge is 2.08. The molecule has 142 valence electrons. The van der Waals surface area contributed by atoms with E-state index in [1.54, 1.807) is 18.2 Å². The molecule has 0 aliphatic heterocycles. The summed E-state index contributed by atoms with van der Waals surface area (Å²) in [6, 6.07) is 26.9. The van der Waals surface area contributed by atoms with Gasteiger partial charge in [0.1, 0.15) is 5.75 Å². The molecule has 0 unspecified atom stereocenters. The highest BCUT2D eigenvalue weighted by atomic mass is 79.9. The van der Waals surface area contributed by atoms with Crippen molar-refractivity contribution >= 4 is 28.1 Å². The summed E-state index contributed by atoms with van der Waals surface area (Å²) >= 11 is 3.39. The van der Waals surface area contributed by atoms with Crippen molar-refractivity contribution in [2.24, 2.45) is 5.10 Å². The molecular formula is C23H17BrN4O. The number of nitrogens with zero attached hydrogens (tertiary/aromatic N) is 3. The van der Waals surface area contributed by atoms with E-state index in [1.807, 2.05) is 66.7 Å². The quantitative estimate of drug-likeness (QED) is 0.304. The Hall–Kier alpha value is -3.51. The van der Waals surface area contributed by atoms with Gasteiger partial charge in [0, 0.05) is 21.2 Å². The lowest BCUT2D eigenvalue weighted by molar-refractivity contribution is 0.474. The summed E-state index contributed by atoms with van der Waals surface area (Å²) in [5.41, 5.74) is 7.03. The number of phenolic OH excluding ortho intramolecular Hbond substituents is 1. The van der Waals surface area contributed by atoms with Gasteiger partial charge in [0.15, 0.2) is 0 Å². The average molecular weight is 445 g/mol. The van der Waals surface area contributed by atoms with Gasteiger partial charge in [-0.3, -0.25) is 0 Å². The number of hydrazone groups is 1. The second-order valence-corrected chi connectivity index (χ2v) is 7.18. The molecule has 0 amide bonds. The number of hydrogen-bond acceptors (Lipinski definition) is 5. The molecule has 0 saturated carbocycles. The minimum absolute atomic E-state index is 0.141. The Kier molecular flexibility index (Phi) is 5.63. The molecule has 5 nitrogen and oxygen atoms in total. The van der Waals surface area contributed by atoms with Gasteiger partial charge in [-0.25, -0.2) is 15.4 Å². The van der Waals surface area contributed by atoms with Gasteiger partial charge in [-0.1, -0.05) is 76.6 Å². The van der Waals surface area contributed by atoms with Crippen LogP contribution in [0.4, 0.5) is 5.95 Å². The third-order valence-corrected chi connectivity index (χ3v) is 4.72. The number of phenols is 1. The van der Waals surface area contributed by atoms with Gasteiger partial charge in [-0.05, 0) is 24.3 Å². The fourth-order valence-electron chi connectivity index (χ4n) is 2.80. The molecule has 0 atom stereocenters. The second-order valence-electron chi connectivity index (χ2n) is 6.27. The lowest BCUT2D eigenvalue weighted by Gasteiger charge is -2.08. The van der Waals surface area contributed by atoms with Gasteiger partial charge in [0.25, 0.3) is 0 Å². The molecule has 0 spiro atoms. The Labute approximate surface area is 176 Å². The summed E-state index contributed by atoms with van der Waals surface area (Å²) in [5.74, 6) is 0.513. The van der Waals surface area contributed by atoms with Crippen molar-refractivity contribution < 1.29 is 5.11 Å². The van der Waals surface area contributed by atoms with Crippen LogP contribution in [0.15, 0.2) is 94.5 Å². The minimum Gasteiger partial charge on any atom is -0.507 e. The van der Waals surface area contributed by atoms with Crippen molar-refractivity contribution in [1.29, 1.82) is 0 Å². The van der Waals surface area contributed by atoms with E-state index in [4.69, 9.17) is 0 Å². The largest absolute Gasteiger partial charge is 0.507 e. The molecule has 1 heterocycles. The molecule has 0 radical (unpaired) electrons. The van der Waals surface area contributed by atoms with Crippen molar-refractivity contribution in [3.05, 3.63) is 95.0 Å². The maximum atomic E-state index is 9.95. The van der Waals surface area contributed by atoms with Gasteiger partial charge < -0.3 is 5.11 Å². The molecular weight excluding hydrogens is 428 g/mol. The average Bonchev–Trinajstić information content (AvgIpc) is 2.77. The lowest BCUT2D eigenvalue weighted by atomic mass is 10.1. The van der Waals surface area contributed by atoms with Gasteiger partial charge >= 0.3 is 0 Å². The molecule has 4 aromatic rings. The maximum Gasteiger partial charge on any atom is 0.244 e. The Bertz CT molecular complexity index is 1090. The Morgan fingerprint density at radius 3 is 1.97 bits per heavy atom. The van der Waals surface area contributed by atoms with Crippen LogP contribution in [-0.2, 0) is 0 Å². The van der Waals surface area contributed by atoms with E-state index in [-0.39, 0.29) is 5.75 Å². The van der Waals surface area contributed by atoms with E-state index in [9.17, 15) is 5.11 Å². The van der Waals surface area contributed by atoms with E-state index in [1.165, 1.54) is 6.21 Å². The molecule has 0 saturated heterocycles. The summed E-state index contributed by atoms with van der Waals surface area (Å²) in [6.07, 6.45) is 1.53. The van der Waals surface area contributed by atoms with Gasteiger partial charge in [0.05, 0.1) is 17.6 Å². The van der Waals surface area contributed by atoms with E-state index in [2.05, 4.69) is 36.4 Å². The van der Waals surface area contributed by atoms with Crippen molar-refractivity contribution in [3.63, 3.8) is 0 Å². The van der Waals surface area contributed by atoms with Crippen LogP contribution in [0.5, 0.6) is 5.75 Å². The van der Waals surface area contributed by atoms with Crippen LogP contribution >= 0.6 is 15.9 Å². The van der Waals surface area contributed by atoms with Crippen LogP contribution < -0.4 is 5.43 Å². The number of aromatic nitrogens is 2. The molecule has 6 heteroatoms. The molecule has 0 aliphatic carbocycles.